The Morgan fingerprint density at radius 2 is 1.81 bits per heavy atom. The average Bonchev–Trinajstić information content (AvgIpc) is 2.82. The first-order valence-corrected chi connectivity index (χ1v) is 10.4. The molecule has 1 aliphatic carbocycles. The Bertz CT molecular complexity index is 909. The number of benzene rings is 2. The molecule has 2 amide bonds. The molecule has 2 aromatic rings. The van der Waals surface area contributed by atoms with E-state index in [2.05, 4.69) is 16.7 Å². The molecule has 0 spiro atoms. The lowest BCUT2D eigenvalue weighted by atomic mass is 9.83. The first-order chi connectivity index (χ1) is 15.1. The third-order valence-electron chi connectivity index (χ3n) is 5.48. The summed E-state index contributed by atoms with van der Waals surface area (Å²) in [5, 5.41) is 15.2. The number of carbonyl (C=O) groups is 2. The smallest absolute Gasteiger partial charge is 0.407 e. The van der Waals surface area contributed by atoms with Crippen molar-refractivity contribution < 1.29 is 19.1 Å². The molecule has 1 fully saturated rings. The number of rotatable bonds is 7. The Labute approximate surface area is 182 Å². The Morgan fingerprint density at radius 3 is 2.48 bits per heavy atom. The number of nitrogens with one attached hydrogen (secondary N) is 2. The number of nitrogens with zero attached hydrogens (tertiary/aromatic N) is 1. The van der Waals surface area contributed by atoms with Gasteiger partial charge in [0.15, 0.2) is 0 Å². The van der Waals surface area contributed by atoms with E-state index in [1.165, 1.54) is 0 Å². The SMILES string of the molecule is COc1ccc(C(C#N)NC(=O)[C@H]2CCCC[C@H]2NC(=O)OCc2ccccc2)cc1. The number of amides is 2. The van der Waals surface area contributed by atoms with Gasteiger partial charge in [0.1, 0.15) is 18.4 Å². The number of ether oxygens (including phenoxy) is 2. The summed E-state index contributed by atoms with van der Waals surface area (Å²) in [6.07, 6.45) is 2.62. The minimum absolute atomic E-state index is 0.171. The van der Waals surface area contributed by atoms with E-state index in [1.807, 2.05) is 30.3 Å². The normalized spacial score (nSPS) is 18.8. The van der Waals surface area contributed by atoms with Crippen LogP contribution in [0.3, 0.4) is 0 Å². The molecule has 7 heteroatoms. The van der Waals surface area contributed by atoms with E-state index >= 15 is 0 Å². The van der Waals surface area contributed by atoms with Crippen LogP contribution in [0, 0.1) is 17.2 Å². The van der Waals surface area contributed by atoms with Gasteiger partial charge in [-0.15, -0.1) is 0 Å². The number of nitriles is 1. The highest BCUT2D eigenvalue weighted by molar-refractivity contribution is 5.81. The number of hydrogen-bond acceptors (Lipinski definition) is 5. The number of methoxy groups -OCH3 is 1. The second-order valence-electron chi connectivity index (χ2n) is 7.55. The van der Waals surface area contributed by atoms with Crippen molar-refractivity contribution in [3.05, 3.63) is 65.7 Å². The molecule has 1 unspecified atom stereocenters. The molecule has 0 aromatic heterocycles. The van der Waals surface area contributed by atoms with Crippen LogP contribution in [0.1, 0.15) is 42.9 Å². The van der Waals surface area contributed by atoms with Crippen LogP contribution in [-0.4, -0.2) is 25.2 Å². The third kappa shape index (κ3) is 6.22. The topological polar surface area (TPSA) is 100 Å². The van der Waals surface area contributed by atoms with Crippen molar-refractivity contribution in [3.8, 4) is 11.8 Å². The Kier molecular flexibility index (Phi) is 7.88. The van der Waals surface area contributed by atoms with Crippen LogP contribution in [0.15, 0.2) is 54.6 Å². The molecule has 162 valence electrons. The van der Waals surface area contributed by atoms with Gasteiger partial charge in [0, 0.05) is 6.04 Å². The standard InChI is InChI=1S/C24H27N3O4/c1-30-19-13-11-18(12-14-19)22(15-25)26-23(28)20-9-5-6-10-21(20)27-24(29)31-16-17-7-3-2-4-8-17/h2-4,7-8,11-14,20-22H,5-6,9-10,16H2,1H3,(H,26,28)(H,27,29)/t20-,21+,22?/m0/s1. The molecule has 0 aliphatic heterocycles. The molecular formula is C24H27N3O4. The maximum atomic E-state index is 13.0. The van der Waals surface area contributed by atoms with E-state index in [1.54, 1.807) is 31.4 Å². The molecule has 3 rings (SSSR count). The summed E-state index contributed by atoms with van der Waals surface area (Å²) in [5.41, 5.74) is 1.58. The van der Waals surface area contributed by atoms with Gasteiger partial charge < -0.3 is 20.1 Å². The zero-order chi connectivity index (χ0) is 22.1. The van der Waals surface area contributed by atoms with Gasteiger partial charge in [0.05, 0.1) is 19.1 Å². The molecule has 2 aromatic carbocycles. The molecule has 1 aliphatic rings. The molecule has 0 bridgehead atoms. The third-order valence-corrected chi connectivity index (χ3v) is 5.48. The fraction of sp³-hybridized carbons (Fsp3) is 0.375. The molecule has 31 heavy (non-hydrogen) atoms. The second-order valence-corrected chi connectivity index (χ2v) is 7.55. The van der Waals surface area contributed by atoms with Crippen LogP contribution in [0.25, 0.3) is 0 Å². The minimum atomic E-state index is -0.772. The maximum absolute atomic E-state index is 13.0. The molecule has 2 N–H and O–H groups in total. The van der Waals surface area contributed by atoms with Gasteiger partial charge in [0.2, 0.25) is 5.91 Å². The summed E-state index contributed by atoms with van der Waals surface area (Å²) < 4.78 is 10.4. The van der Waals surface area contributed by atoms with Crippen LogP contribution in [0.5, 0.6) is 5.75 Å². The van der Waals surface area contributed by atoms with Crippen molar-refractivity contribution in [3.63, 3.8) is 0 Å². The van der Waals surface area contributed by atoms with Crippen LogP contribution in [0.4, 0.5) is 4.79 Å². The average molecular weight is 421 g/mol. The Balaban J connectivity index is 1.58. The van der Waals surface area contributed by atoms with Crippen molar-refractivity contribution in [2.24, 2.45) is 5.92 Å². The first-order valence-electron chi connectivity index (χ1n) is 10.4. The van der Waals surface area contributed by atoms with E-state index in [0.29, 0.717) is 24.2 Å². The highest BCUT2D eigenvalue weighted by atomic mass is 16.5. The maximum Gasteiger partial charge on any atom is 0.407 e. The lowest BCUT2D eigenvalue weighted by Crippen LogP contribution is -2.49. The van der Waals surface area contributed by atoms with Crippen molar-refractivity contribution in [1.82, 2.24) is 10.6 Å². The van der Waals surface area contributed by atoms with Gasteiger partial charge in [-0.2, -0.15) is 5.26 Å². The fourth-order valence-electron chi connectivity index (χ4n) is 3.77. The van der Waals surface area contributed by atoms with Crippen molar-refractivity contribution in [1.29, 1.82) is 5.26 Å². The lowest BCUT2D eigenvalue weighted by molar-refractivity contribution is -0.127. The predicted octanol–water partition coefficient (Wildman–Crippen LogP) is 3.86. The molecule has 7 nitrogen and oxygen atoms in total. The Hall–Kier alpha value is -3.53. The largest absolute Gasteiger partial charge is 0.497 e. The van der Waals surface area contributed by atoms with E-state index in [-0.39, 0.29) is 18.6 Å². The van der Waals surface area contributed by atoms with Gasteiger partial charge >= 0.3 is 6.09 Å². The molecule has 0 heterocycles. The monoisotopic (exact) mass is 421 g/mol. The molecular weight excluding hydrogens is 394 g/mol. The Morgan fingerprint density at radius 1 is 1.10 bits per heavy atom. The molecule has 1 saturated carbocycles. The van der Waals surface area contributed by atoms with Gasteiger partial charge in [0.25, 0.3) is 0 Å². The van der Waals surface area contributed by atoms with Crippen molar-refractivity contribution in [2.45, 2.75) is 44.4 Å². The summed E-state index contributed by atoms with van der Waals surface area (Å²) in [5.74, 6) is 0.0277. The molecule has 0 radical (unpaired) electrons. The summed E-state index contributed by atoms with van der Waals surface area (Å²) in [6, 6.07) is 17.5. The molecule has 3 atom stereocenters. The lowest BCUT2D eigenvalue weighted by Gasteiger charge is -2.31. The number of carbonyl (C=O) groups excluding carboxylic acids is 2. The fourth-order valence-corrected chi connectivity index (χ4v) is 3.77. The van der Waals surface area contributed by atoms with E-state index in [0.717, 1.165) is 18.4 Å². The van der Waals surface area contributed by atoms with Gasteiger partial charge in [-0.05, 0) is 36.1 Å². The summed E-state index contributed by atoms with van der Waals surface area (Å²) in [7, 11) is 1.57. The highest BCUT2D eigenvalue weighted by Crippen LogP contribution is 2.26. The summed E-state index contributed by atoms with van der Waals surface area (Å²) >= 11 is 0. The summed E-state index contributed by atoms with van der Waals surface area (Å²) in [4.78, 5) is 25.2. The zero-order valence-corrected chi connectivity index (χ0v) is 17.5. The van der Waals surface area contributed by atoms with E-state index in [9.17, 15) is 14.9 Å². The quantitative estimate of drug-likeness (QED) is 0.707. The summed E-state index contributed by atoms with van der Waals surface area (Å²) in [6.45, 7) is 0.171. The van der Waals surface area contributed by atoms with Crippen LogP contribution >= 0.6 is 0 Å². The molecule has 0 saturated heterocycles. The van der Waals surface area contributed by atoms with E-state index < -0.39 is 18.1 Å². The second kappa shape index (κ2) is 11.0. The van der Waals surface area contributed by atoms with E-state index in [4.69, 9.17) is 9.47 Å². The van der Waals surface area contributed by atoms with Crippen LogP contribution in [-0.2, 0) is 16.1 Å². The van der Waals surface area contributed by atoms with Gasteiger partial charge in [-0.25, -0.2) is 4.79 Å². The minimum Gasteiger partial charge on any atom is -0.497 e. The van der Waals surface area contributed by atoms with Crippen molar-refractivity contribution >= 4 is 12.0 Å². The van der Waals surface area contributed by atoms with Gasteiger partial charge in [-0.3, -0.25) is 4.79 Å². The predicted molar refractivity (Wildman–Crippen MR) is 115 cm³/mol. The highest BCUT2D eigenvalue weighted by Gasteiger charge is 2.33. The van der Waals surface area contributed by atoms with Crippen molar-refractivity contribution in [2.75, 3.05) is 7.11 Å². The van der Waals surface area contributed by atoms with Crippen LogP contribution < -0.4 is 15.4 Å². The number of hydrogen-bond donors (Lipinski definition) is 2. The number of alkyl carbamates (subject to hydrolysis) is 1. The first kappa shape index (κ1) is 22.2. The zero-order valence-electron chi connectivity index (χ0n) is 17.5. The van der Waals surface area contributed by atoms with Crippen LogP contribution in [0.2, 0.25) is 0 Å². The van der Waals surface area contributed by atoms with Gasteiger partial charge in [-0.1, -0.05) is 55.3 Å².